The highest BCUT2D eigenvalue weighted by molar-refractivity contribution is 7.54. The third kappa shape index (κ3) is 6.94. The van der Waals surface area contributed by atoms with Crippen LogP contribution in [0, 0.1) is 11.8 Å². The van der Waals surface area contributed by atoms with Crippen molar-refractivity contribution in [3.8, 4) is 11.9 Å². The number of nitrogens with zero attached hydrogens (tertiary/aromatic N) is 4. The second-order valence-electron chi connectivity index (χ2n) is 11.7. The fraction of sp³-hybridized carbons (Fsp3) is 0.741. The lowest BCUT2D eigenvalue weighted by Gasteiger charge is -2.47. The number of rotatable bonds is 15. The molecule has 252 valence electrons. The highest BCUT2D eigenvalue weighted by Gasteiger charge is 2.66. The van der Waals surface area contributed by atoms with E-state index in [0.29, 0.717) is 0 Å². The number of fused-ring (bicyclic) bond motifs is 2. The number of nitrogens with one attached hydrogen (secondary N) is 2. The van der Waals surface area contributed by atoms with Gasteiger partial charge in [0.05, 0.1) is 39.3 Å². The molecule has 1 aliphatic heterocycles. The number of methoxy groups -OCH3 is 1. The quantitative estimate of drug-likeness (QED) is 0.132. The Morgan fingerprint density at radius 2 is 1.69 bits per heavy atom. The lowest BCUT2D eigenvalue weighted by atomic mass is 9.70. The van der Waals surface area contributed by atoms with Gasteiger partial charge in [-0.15, -0.1) is 0 Å². The van der Waals surface area contributed by atoms with E-state index < -0.39 is 74.3 Å². The molecule has 3 heterocycles. The van der Waals surface area contributed by atoms with Crippen molar-refractivity contribution in [2.45, 2.75) is 90.0 Å². The molecule has 1 saturated carbocycles. The summed E-state index contributed by atoms with van der Waals surface area (Å²) in [6.07, 6.45) is -2.08. The van der Waals surface area contributed by atoms with Crippen molar-refractivity contribution >= 4 is 30.8 Å². The number of imidazole rings is 1. The summed E-state index contributed by atoms with van der Waals surface area (Å²) < 4.78 is 43.3. The average molecular weight is 659 g/mol. The molecule has 2 aromatic heterocycles. The SMILES string of the molecule is CCOC(=O)[C@@H](NP(=O)(N[C@H](C(=O)OCC)C(C)C)OC[C@H]1O[C@H]2C(n3cnc4c(OC)nc(O)nc43)CC2(O)C1O)C(C)C. The number of hydrogen-bond acceptors (Lipinski definition) is 14. The van der Waals surface area contributed by atoms with Crippen molar-refractivity contribution in [1.29, 1.82) is 0 Å². The van der Waals surface area contributed by atoms with Crippen LogP contribution in [0.3, 0.4) is 0 Å². The van der Waals surface area contributed by atoms with Crippen LogP contribution < -0.4 is 14.9 Å². The Balaban J connectivity index is 1.56. The number of hydrogen-bond donors (Lipinski definition) is 5. The molecule has 2 fully saturated rings. The Morgan fingerprint density at radius 1 is 1.11 bits per heavy atom. The number of aliphatic hydroxyl groups excluding tert-OH is 1. The van der Waals surface area contributed by atoms with Gasteiger partial charge in [-0.05, 0) is 25.7 Å². The van der Waals surface area contributed by atoms with Gasteiger partial charge in [-0.3, -0.25) is 14.2 Å². The number of esters is 2. The summed E-state index contributed by atoms with van der Waals surface area (Å²) in [5.41, 5.74) is -1.17. The van der Waals surface area contributed by atoms with Crippen LogP contribution in [0.25, 0.3) is 11.2 Å². The second kappa shape index (κ2) is 13.8. The zero-order valence-electron chi connectivity index (χ0n) is 26.4. The Labute approximate surface area is 260 Å². The molecule has 0 aromatic carbocycles. The van der Waals surface area contributed by atoms with Crippen molar-refractivity contribution in [1.82, 2.24) is 29.7 Å². The van der Waals surface area contributed by atoms with E-state index in [-0.39, 0.29) is 48.5 Å². The van der Waals surface area contributed by atoms with Crippen molar-refractivity contribution in [2.24, 2.45) is 11.8 Å². The largest absolute Gasteiger partial charge is 0.479 e. The van der Waals surface area contributed by atoms with Gasteiger partial charge >= 0.3 is 25.6 Å². The van der Waals surface area contributed by atoms with E-state index >= 15 is 0 Å². The lowest BCUT2D eigenvalue weighted by molar-refractivity contribution is -0.170. The van der Waals surface area contributed by atoms with Gasteiger partial charge in [-0.2, -0.15) is 9.97 Å². The number of aromatic nitrogens is 4. The minimum atomic E-state index is -4.27. The predicted molar refractivity (Wildman–Crippen MR) is 157 cm³/mol. The zero-order chi connectivity index (χ0) is 33.3. The molecule has 5 N–H and O–H groups in total. The highest BCUT2D eigenvalue weighted by atomic mass is 31.2. The molecule has 0 amide bonds. The minimum Gasteiger partial charge on any atom is -0.479 e. The van der Waals surface area contributed by atoms with E-state index in [9.17, 15) is 29.5 Å². The van der Waals surface area contributed by atoms with Crippen molar-refractivity contribution in [3.63, 3.8) is 0 Å². The summed E-state index contributed by atoms with van der Waals surface area (Å²) >= 11 is 0. The molecule has 17 nitrogen and oxygen atoms in total. The average Bonchev–Trinajstić information content (AvgIpc) is 3.46. The summed E-state index contributed by atoms with van der Waals surface area (Å²) in [5, 5.41) is 37.9. The Kier molecular flexibility index (Phi) is 10.7. The maximum Gasteiger partial charge on any atom is 0.342 e. The van der Waals surface area contributed by atoms with Gasteiger partial charge in [0.2, 0.25) is 5.88 Å². The molecule has 0 bridgehead atoms. The molecule has 3 unspecified atom stereocenters. The van der Waals surface area contributed by atoms with Crippen LogP contribution >= 0.6 is 7.67 Å². The highest BCUT2D eigenvalue weighted by Crippen LogP contribution is 2.53. The first-order chi connectivity index (χ1) is 21.2. The molecule has 1 saturated heterocycles. The van der Waals surface area contributed by atoms with E-state index in [4.69, 9.17) is 23.5 Å². The number of carbonyl (C=O) groups excluding carboxylic acids is 2. The van der Waals surface area contributed by atoms with Crippen molar-refractivity contribution in [2.75, 3.05) is 26.9 Å². The van der Waals surface area contributed by atoms with Crippen LogP contribution in [0.5, 0.6) is 11.9 Å². The fourth-order valence-electron chi connectivity index (χ4n) is 5.52. The summed E-state index contributed by atoms with van der Waals surface area (Å²) in [4.78, 5) is 37.6. The van der Waals surface area contributed by atoms with E-state index in [2.05, 4.69) is 25.1 Å². The summed E-state index contributed by atoms with van der Waals surface area (Å²) in [7, 11) is -2.90. The molecule has 0 spiro atoms. The molecule has 18 heteroatoms. The fourth-order valence-corrected chi connectivity index (χ4v) is 7.64. The van der Waals surface area contributed by atoms with Gasteiger partial charge in [0.25, 0.3) is 0 Å². The van der Waals surface area contributed by atoms with Crippen LogP contribution in [0.2, 0.25) is 0 Å². The van der Waals surface area contributed by atoms with Gasteiger partial charge in [-0.25, -0.2) is 15.2 Å². The normalized spacial score (nSPS) is 26.0. The van der Waals surface area contributed by atoms with Crippen LogP contribution in [0.4, 0.5) is 0 Å². The number of aliphatic hydroxyl groups is 2. The molecule has 0 radical (unpaired) electrons. The van der Waals surface area contributed by atoms with E-state index in [1.807, 2.05) is 0 Å². The smallest absolute Gasteiger partial charge is 0.342 e. The first kappa shape index (κ1) is 34.9. The van der Waals surface area contributed by atoms with Gasteiger partial charge in [-0.1, -0.05) is 27.7 Å². The molecule has 1 aliphatic carbocycles. The van der Waals surface area contributed by atoms with E-state index in [1.165, 1.54) is 13.4 Å². The van der Waals surface area contributed by atoms with Crippen LogP contribution in [-0.2, 0) is 32.9 Å². The zero-order valence-corrected chi connectivity index (χ0v) is 27.3. The monoisotopic (exact) mass is 658 g/mol. The van der Waals surface area contributed by atoms with Crippen LogP contribution in [-0.4, -0.2) is 110 Å². The molecular formula is C27H43N6O11P. The summed E-state index contributed by atoms with van der Waals surface area (Å²) in [5.74, 6) is -2.05. The number of carbonyl (C=O) groups is 2. The predicted octanol–water partition coefficient (Wildman–Crippen LogP) is 0.824. The minimum absolute atomic E-state index is 0.0403. The van der Waals surface area contributed by atoms with Gasteiger partial charge < -0.3 is 43.4 Å². The maximum atomic E-state index is 14.4. The topological polar surface area (TPSA) is 226 Å². The van der Waals surface area contributed by atoms with Crippen LogP contribution in [0.15, 0.2) is 6.33 Å². The molecule has 2 aliphatic rings. The van der Waals surface area contributed by atoms with Gasteiger partial charge in [0.15, 0.2) is 11.2 Å². The van der Waals surface area contributed by atoms with E-state index in [1.54, 1.807) is 46.1 Å². The third-order valence-corrected chi connectivity index (χ3v) is 9.69. The lowest BCUT2D eigenvalue weighted by Crippen LogP contribution is -2.61. The number of aromatic hydroxyl groups is 1. The molecule has 45 heavy (non-hydrogen) atoms. The number of ether oxygens (including phenoxy) is 4. The van der Waals surface area contributed by atoms with Crippen molar-refractivity contribution < 1.29 is 52.9 Å². The maximum absolute atomic E-state index is 14.4. The first-order valence-electron chi connectivity index (χ1n) is 14.9. The standard InChI is InChI=1S/C27H43N6O11P/c1-8-41-24(35)17(13(3)4)31-45(39,32-18(14(5)6)25(36)42-9-2)43-11-16-20(34)27(38)10-15(21(27)44-16)33-12-28-19-22(33)29-26(37)30-23(19)40-7/h12-18,20-21,34,38H,8-11H2,1-7H3,(H,29,30,37)(H2,31,32,39)/t15?,16-,17+,18+,20?,21+,27?/m1/s1. The molecular weight excluding hydrogens is 615 g/mol. The summed E-state index contributed by atoms with van der Waals surface area (Å²) in [6.45, 7) is 9.87. The molecule has 2 aromatic rings. The van der Waals surface area contributed by atoms with Gasteiger partial charge in [0.1, 0.15) is 36.0 Å². The summed E-state index contributed by atoms with van der Waals surface area (Å²) in [6, 6.07) is -3.25. The van der Waals surface area contributed by atoms with Gasteiger partial charge in [0, 0.05) is 6.42 Å². The first-order valence-corrected chi connectivity index (χ1v) is 16.5. The third-order valence-electron chi connectivity index (χ3n) is 7.95. The Bertz CT molecular complexity index is 1390. The Hall–Kier alpha value is -2.92. The van der Waals surface area contributed by atoms with Crippen LogP contribution in [0.1, 0.15) is 54.0 Å². The van der Waals surface area contributed by atoms with Crippen molar-refractivity contribution in [3.05, 3.63) is 6.33 Å². The van der Waals surface area contributed by atoms with E-state index in [0.717, 1.165) is 0 Å². The Morgan fingerprint density at radius 3 is 2.20 bits per heavy atom. The second-order valence-corrected chi connectivity index (χ2v) is 13.6. The molecule has 7 atom stereocenters. The molecule has 4 rings (SSSR count).